The van der Waals surface area contributed by atoms with Crippen LogP contribution in [-0.2, 0) is 0 Å². The van der Waals surface area contributed by atoms with Crippen molar-refractivity contribution >= 4 is 5.69 Å². The summed E-state index contributed by atoms with van der Waals surface area (Å²) in [7, 11) is 0. The van der Waals surface area contributed by atoms with E-state index in [0.717, 1.165) is 25.3 Å². The molecule has 0 heterocycles. The summed E-state index contributed by atoms with van der Waals surface area (Å²) in [5.41, 5.74) is 0.952. The highest BCUT2D eigenvalue weighted by Gasteiger charge is 2.04. The Labute approximate surface area is 97.5 Å². The van der Waals surface area contributed by atoms with Gasteiger partial charge in [-0.2, -0.15) is 0 Å². The van der Waals surface area contributed by atoms with Gasteiger partial charge >= 0.3 is 0 Å². The van der Waals surface area contributed by atoms with E-state index in [9.17, 15) is 4.39 Å². The molecular weight excluding hydrogens is 203 g/mol. The fraction of sp³-hybridized carbons (Fsp3) is 0.538. The summed E-state index contributed by atoms with van der Waals surface area (Å²) in [6, 6.07) is 7.25. The molecule has 0 unspecified atom stereocenters. The lowest BCUT2D eigenvalue weighted by molar-refractivity contribution is 0.582. The van der Waals surface area contributed by atoms with Gasteiger partial charge in [-0.15, -0.1) is 0 Å². The summed E-state index contributed by atoms with van der Waals surface area (Å²) >= 11 is 0. The maximum atomic E-state index is 13.1. The molecule has 1 aromatic rings. The highest BCUT2D eigenvalue weighted by molar-refractivity contribution is 5.46. The zero-order valence-corrected chi connectivity index (χ0v) is 10.3. The zero-order valence-electron chi connectivity index (χ0n) is 10.3. The number of likely N-dealkylation sites (N-methyl/N-ethyl adjacent to an activating group) is 1. The van der Waals surface area contributed by atoms with E-state index in [2.05, 4.69) is 31.0 Å². The van der Waals surface area contributed by atoms with E-state index in [4.69, 9.17) is 0 Å². The predicted molar refractivity (Wildman–Crippen MR) is 67.4 cm³/mol. The van der Waals surface area contributed by atoms with Crippen LogP contribution in [-0.4, -0.2) is 25.7 Å². The summed E-state index contributed by atoms with van der Waals surface area (Å²) in [6.45, 7) is 9.04. The number of hydrogen-bond donors (Lipinski definition) is 1. The van der Waals surface area contributed by atoms with Crippen LogP contribution in [0.4, 0.5) is 10.1 Å². The molecule has 1 N–H and O–H groups in total. The predicted octanol–water partition coefficient (Wildman–Crippen LogP) is 2.65. The van der Waals surface area contributed by atoms with Crippen molar-refractivity contribution in [2.24, 2.45) is 0 Å². The summed E-state index contributed by atoms with van der Waals surface area (Å²) in [5.74, 6) is -0.173. The van der Waals surface area contributed by atoms with Gasteiger partial charge in [0, 0.05) is 31.4 Å². The average Bonchev–Trinajstić information content (AvgIpc) is 2.24. The average molecular weight is 224 g/mol. The molecule has 0 saturated carbocycles. The van der Waals surface area contributed by atoms with E-state index in [-0.39, 0.29) is 5.82 Å². The van der Waals surface area contributed by atoms with E-state index < -0.39 is 0 Å². The Hall–Kier alpha value is -1.09. The lowest BCUT2D eigenvalue weighted by Gasteiger charge is -2.23. The van der Waals surface area contributed by atoms with Crippen molar-refractivity contribution in [3.8, 4) is 0 Å². The van der Waals surface area contributed by atoms with Gasteiger partial charge in [-0.1, -0.05) is 19.9 Å². The van der Waals surface area contributed by atoms with Crippen molar-refractivity contribution < 1.29 is 4.39 Å². The topological polar surface area (TPSA) is 15.3 Å². The SMILES string of the molecule is CCN(CCNC(C)C)c1cccc(F)c1. The van der Waals surface area contributed by atoms with Crippen LogP contribution in [0.15, 0.2) is 24.3 Å². The van der Waals surface area contributed by atoms with Crippen LogP contribution in [0.2, 0.25) is 0 Å². The first-order chi connectivity index (χ1) is 7.63. The number of nitrogens with zero attached hydrogens (tertiary/aromatic N) is 1. The molecule has 0 saturated heterocycles. The highest BCUT2D eigenvalue weighted by atomic mass is 19.1. The molecule has 1 aromatic carbocycles. The summed E-state index contributed by atoms with van der Waals surface area (Å²) in [4.78, 5) is 2.17. The standard InChI is InChI=1S/C13H21FN2/c1-4-16(9-8-15-11(2)3)13-7-5-6-12(14)10-13/h5-7,10-11,15H,4,8-9H2,1-3H3. The van der Waals surface area contributed by atoms with E-state index in [1.165, 1.54) is 6.07 Å². The van der Waals surface area contributed by atoms with Crippen molar-refractivity contribution in [3.05, 3.63) is 30.1 Å². The van der Waals surface area contributed by atoms with Gasteiger partial charge in [-0.25, -0.2) is 4.39 Å². The minimum absolute atomic E-state index is 0.173. The highest BCUT2D eigenvalue weighted by Crippen LogP contribution is 2.14. The summed E-state index contributed by atoms with van der Waals surface area (Å²) < 4.78 is 13.1. The van der Waals surface area contributed by atoms with Gasteiger partial charge in [0.05, 0.1) is 0 Å². The number of rotatable bonds is 6. The van der Waals surface area contributed by atoms with Crippen LogP contribution in [0.25, 0.3) is 0 Å². The van der Waals surface area contributed by atoms with Crippen molar-refractivity contribution in [2.75, 3.05) is 24.5 Å². The number of nitrogens with one attached hydrogen (secondary N) is 1. The molecule has 0 spiro atoms. The first-order valence-electron chi connectivity index (χ1n) is 5.87. The second-order valence-corrected chi connectivity index (χ2v) is 4.17. The third-order valence-electron chi connectivity index (χ3n) is 2.49. The smallest absolute Gasteiger partial charge is 0.125 e. The Morgan fingerprint density at radius 1 is 1.38 bits per heavy atom. The van der Waals surface area contributed by atoms with Gasteiger partial charge in [0.2, 0.25) is 0 Å². The maximum absolute atomic E-state index is 13.1. The second-order valence-electron chi connectivity index (χ2n) is 4.17. The van der Waals surface area contributed by atoms with Crippen LogP contribution >= 0.6 is 0 Å². The Morgan fingerprint density at radius 2 is 2.12 bits per heavy atom. The van der Waals surface area contributed by atoms with Crippen molar-refractivity contribution in [1.82, 2.24) is 5.32 Å². The fourth-order valence-electron chi connectivity index (χ4n) is 1.63. The summed E-state index contributed by atoms with van der Waals surface area (Å²) in [5, 5.41) is 3.36. The summed E-state index contributed by atoms with van der Waals surface area (Å²) in [6.07, 6.45) is 0. The molecule has 0 aliphatic carbocycles. The van der Waals surface area contributed by atoms with Gasteiger partial charge in [0.1, 0.15) is 5.82 Å². The lowest BCUT2D eigenvalue weighted by Crippen LogP contribution is -2.34. The van der Waals surface area contributed by atoms with Crippen LogP contribution in [0.3, 0.4) is 0 Å². The largest absolute Gasteiger partial charge is 0.370 e. The fourth-order valence-corrected chi connectivity index (χ4v) is 1.63. The van der Waals surface area contributed by atoms with Crippen molar-refractivity contribution in [2.45, 2.75) is 26.8 Å². The minimum atomic E-state index is -0.173. The Balaban J connectivity index is 2.53. The van der Waals surface area contributed by atoms with Crippen LogP contribution in [0.5, 0.6) is 0 Å². The van der Waals surface area contributed by atoms with E-state index in [1.54, 1.807) is 12.1 Å². The number of halogens is 1. The van der Waals surface area contributed by atoms with Crippen LogP contribution in [0.1, 0.15) is 20.8 Å². The quantitative estimate of drug-likeness (QED) is 0.799. The Bertz CT molecular complexity index is 313. The molecule has 0 atom stereocenters. The molecule has 2 nitrogen and oxygen atoms in total. The molecule has 0 aliphatic rings. The van der Waals surface area contributed by atoms with Gasteiger partial charge in [-0.05, 0) is 25.1 Å². The van der Waals surface area contributed by atoms with Gasteiger partial charge in [0.15, 0.2) is 0 Å². The molecule has 0 amide bonds. The number of benzene rings is 1. The molecule has 16 heavy (non-hydrogen) atoms. The third-order valence-corrected chi connectivity index (χ3v) is 2.49. The molecule has 0 aromatic heterocycles. The second kappa shape index (κ2) is 6.48. The molecule has 1 rings (SSSR count). The van der Waals surface area contributed by atoms with E-state index in [1.807, 2.05) is 6.07 Å². The number of anilines is 1. The first-order valence-corrected chi connectivity index (χ1v) is 5.87. The Morgan fingerprint density at radius 3 is 2.69 bits per heavy atom. The molecule has 0 aliphatic heterocycles. The molecule has 0 bridgehead atoms. The van der Waals surface area contributed by atoms with Crippen LogP contribution in [0, 0.1) is 5.82 Å². The zero-order chi connectivity index (χ0) is 12.0. The number of hydrogen-bond acceptors (Lipinski definition) is 2. The van der Waals surface area contributed by atoms with Gasteiger partial charge in [0.25, 0.3) is 0 Å². The van der Waals surface area contributed by atoms with E-state index in [0.29, 0.717) is 6.04 Å². The van der Waals surface area contributed by atoms with Crippen LogP contribution < -0.4 is 10.2 Å². The third kappa shape index (κ3) is 4.19. The molecular formula is C13H21FN2. The molecule has 3 heteroatoms. The molecule has 90 valence electrons. The molecule has 0 fully saturated rings. The van der Waals surface area contributed by atoms with Crippen molar-refractivity contribution in [3.63, 3.8) is 0 Å². The molecule has 0 radical (unpaired) electrons. The monoisotopic (exact) mass is 224 g/mol. The minimum Gasteiger partial charge on any atom is -0.370 e. The lowest BCUT2D eigenvalue weighted by atomic mass is 10.2. The van der Waals surface area contributed by atoms with Gasteiger partial charge < -0.3 is 10.2 Å². The van der Waals surface area contributed by atoms with Gasteiger partial charge in [-0.3, -0.25) is 0 Å². The van der Waals surface area contributed by atoms with Crippen molar-refractivity contribution in [1.29, 1.82) is 0 Å². The normalized spacial score (nSPS) is 10.8. The maximum Gasteiger partial charge on any atom is 0.125 e. The Kier molecular flexibility index (Phi) is 5.26. The van der Waals surface area contributed by atoms with E-state index >= 15 is 0 Å². The first kappa shape index (κ1) is 13.0.